The molecule has 2 rings (SSSR count). The molecule has 0 unspecified atom stereocenters. The Morgan fingerprint density at radius 1 is 1.47 bits per heavy atom. The largest absolute Gasteiger partial charge is 0.378 e. The van der Waals surface area contributed by atoms with Gasteiger partial charge in [-0.3, -0.25) is 4.79 Å². The Morgan fingerprint density at radius 3 is 2.95 bits per heavy atom. The van der Waals surface area contributed by atoms with Gasteiger partial charge in [0, 0.05) is 6.54 Å². The minimum absolute atomic E-state index is 0.00751. The van der Waals surface area contributed by atoms with Gasteiger partial charge in [-0.25, -0.2) is 0 Å². The molecule has 1 aromatic carbocycles. The van der Waals surface area contributed by atoms with E-state index in [1.54, 1.807) is 0 Å². The van der Waals surface area contributed by atoms with Crippen LogP contribution < -0.4 is 10.6 Å². The van der Waals surface area contributed by atoms with Gasteiger partial charge in [-0.1, -0.05) is 23.8 Å². The first-order chi connectivity index (χ1) is 9.08. The van der Waals surface area contributed by atoms with Gasteiger partial charge in [-0.15, -0.1) is 0 Å². The molecule has 0 aliphatic carbocycles. The van der Waals surface area contributed by atoms with Crippen LogP contribution in [0.15, 0.2) is 18.2 Å². The molecule has 1 fully saturated rings. The van der Waals surface area contributed by atoms with Crippen LogP contribution in [0.3, 0.4) is 0 Å². The third-order valence-electron chi connectivity index (χ3n) is 3.50. The van der Waals surface area contributed by atoms with E-state index in [2.05, 4.69) is 42.7 Å². The molecule has 1 saturated heterocycles. The van der Waals surface area contributed by atoms with Crippen molar-refractivity contribution in [2.45, 2.75) is 32.9 Å². The zero-order valence-electron chi connectivity index (χ0n) is 11.8. The van der Waals surface area contributed by atoms with Gasteiger partial charge in [0.05, 0.1) is 19.3 Å². The molecule has 1 aliphatic heterocycles. The number of hydrogen-bond acceptors (Lipinski definition) is 3. The summed E-state index contributed by atoms with van der Waals surface area (Å²) >= 11 is 0. The molecule has 1 aromatic rings. The summed E-state index contributed by atoms with van der Waals surface area (Å²) in [5.41, 5.74) is 3.58. The maximum atomic E-state index is 12.1. The first-order valence-corrected chi connectivity index (χ1v) is 6.76. The summed E-state index contributed by atoms with van der Waals surface area (Å²) in [6.45, 7) is 8.01. The van der Waals surface area contributed by atoms with Crippen LogP contribution in [-0.2, 0) is 9.53 Å². The lowest BCUT2D eigenvalue weighted by molar-refractivity contribution is -0.126. The third-order valence-corrected chi connectivity index (χ3v) is 3.50. The van der Waals surface area contributed by atoms with E-state index >= 15 is 0 Å². The Bertz CT molecular complexity index is 453. The van der Waals surface area contributed by atoms with Gasteiger partial charge in [0.1, 0.15) is 6.04 Å². The molecule has 1 heterocycles. The van der Waals surface area contributed by atoms with Gasteiger partial charge in [-0.05, 0) is 31.9 Å². The molecule has 1 amide bonds. The summed E-state index contributed by atoms with van der Waals surface area (Å²) in [7, 11) is 0. The van der Waals surface area contributed by atoms with Gasteiger partial charge in [0.2, 0.25) is 5.91 Å². The van der Waals surface area contributed by atoms with Gasteiger partial charge >= 0.3 is 0 Å². The quantitative estimate of drug-likeness (QED) is 0.867. The number of aryl methyl sites for hydroxylation is 2. The second-order valence-corrected chi connectivity index (χ2v) is 5.17. The predicted octanol–water partition coefficient (Wildman–Crippen LogP) is 1.47. The van der Waals surface area contributed by atoms with Crippen LogP contribution >= 0.6 is 0 Å². The molecule has 2 N–H and O–H groups in total. The van der Waals surface area contributed by atoms with E-state index in [9.17, 15) is 4.79 Å². The fraction of sp³-hybridized carbons (Fsp3) is 0.533. The van der Waals surface area contributed by atoms with E-state index in [-0.39, 0.29) is 18.0 Å². The monoisotopic (exact) mass is 262 g/mol. The zero-order valence-corrected chi connectivity index (χ0v) is 11.8. The topological polar surface area (TPSA) is 50.4 Å². The highest BCUT2D eigenvalue weighted by molar-refractivity contribution is 5.82. The van der Waals surface area contributed by atoms with Crippen molar-refractivity contribution in [1.82, 2.24) is 10.6 Å². The minimum atomic E-state index is -0.235. The van der Waals surface area contributed by atoms with Gasteiger partial charge in [0.25, 0.3) is 0 Å². The fourth-order valence-corrected chi connectivity index (χ4v) is 2.35. The van der Waals surface area contributed by atoms with E-state index in [4.69, 9.17) is 4.74 Å². The molecule has 104 valence electrons. The third kappa shape index (κ3) is 3.55. The number of carbonyl (C=O) groups is 1. The number of amides is 1. The molecule has 19 heavy (non-hydrogen) atoms. The highest BCUT2D eigenvalue weighted by Gasteiger charge is 2.23. The minimum Gasteiger partial charge on any atom is -0.378 e. The Balaban J connectivity index is 2.01. The molecule has 2 atom stereocenters. The van der Waals surface area contributed by atoms with Crippen LogP contribution in [-0.4, -0.2) is 31.7 Å². The molecular weight excluding hydrogens is 240 g/mol. The van der Waals surface area contributed by atoms with E-state index in [0.717, 1.165) is 6.54 Å². The van der Waals surface area contributed by atoms with E-state index in [1.807, 2.05) is 6.92 Å². The standard InChI is InChI=1S/C15H22N2O2/c1-10-4-5-11(2)13(8-10)12(3)17-15(18)14-9-19-7-6-16-14/h4-5,8,12,14,16H,6-7,9H2,1-3H3,(H,17,18)/t12-,14+/m1/s1. The Morgan fingerprint density at radius 2 is 2.26 bits per heavy atom. The van der Waals surface area contributed by atoms with Crippen LogP contribution in [0.5, 0.6) is 0 Å². The van der Waals surface area contributed by atoms with Crippen LogP contribution in [0.4, 0.5) is 0 Å². The molecule has 4 heteroatoms. The van der Waals surface area contributed by atoms with E-state index < -0.39 is 0 Å². The van der Waals surface area contributed by atoms with Crippen LogP contribution in [0.1, 0.15) is 29.7 Å². The van der Waals surface area contributed by atoms with Gasteiger partial charge in [-0.2, -0.15) is 0 Å². The van der Waals surface area contributed by atoms with Crippen LogP contribution in [0.2, 0.25) is 0 Å². The molecule has 0 saturated carbocycles. The molecule has 0 radical (unpaired) electrons. The summed E-state index contributed by atoms with van der Waals surface area (Å²) in [6.07, 6.45) is 0. The summed E-state index contributed by atoms with van der Waals surface area (Å²) in [5, 5.41) is 6.22. The average Bonchev–Trinajstić information content (AvgIpc) is 2.42. The Labute approximate surface area is 114 Å². The number of morpholine rings is 1. The molecule has 4 nitrogen and oxygen atoms in total. The first-order valence-electron chi connectivity index (χ1n) is 6.76. The molecular formula is C15H22N2O2. The molecule has 1 aliphatic rings. The highest BCUT2D eigenvalue weighted by atomic mass is 16.5. The van der Waals surface area contributed by atoms with Crippen molar-refractivity contribution in [1.29, 1.82) is 0 Å². The maximum Gasteiger partial charge on any atom is 0.240 e. The van der Waals surface area contributed by atoms with Crippen LogP contribution in [0, 0.1) is 13.8 Å². The normalized spacial score (nSPS) is 20.9. The van der Waals surface area contributed by atoms with Gasteiger partial charge in [0.15, 0.2) is 0 Å². The van der Waals surface area contributed by atoms with Crippen molar-refractivity contribution < 1.29 is 9.53 Å². The van der Waals surface area contributed by atoms with Crippen LogP contribution in [0.25, 0.3) is 0 Å². The molecule has 0 aromatic heterocycles. The fourth-order valence-electron chi connectivity index (χ4n) is 2.35. The lowest BCUT2D eigenvalue weighted by atomic mass is 10.00. The van der Waals surface area contributed by atoms with Crippen molar-refractivity contribution in [3.05, 3.63) is 34.9 Å². The number of nitrogens with one attached hydrogen (secondary N) is 2. The number of rotatable bonds is 3. The van der Waals surface area contributed by atoms with Crippen molar-refractivity contribution in [3.8, 4) is 0 Å². The molecule has 0 spiro atoms. The van der Waals surface area contributed by atoms with E-state index in [1.165, 1.54) is 16.7 Å². The smallest absolute Gasteiger partial charge is 0.240 e. The SMILES string of the molecule is Cc1ccc(C)c([C@@H](C)NC(=O)[C@@H]2COCCN2)c1. The second-order valence-electron chi connectivity index (χ2n) is 5.17. The lowest BCUT2D eigenvalue weighted by Crippen LogP contribution is -2.51. The Hall–Kier alpha value is -1.39. The number of hydrogen-bond donors (Lipinski definition) is 2. The van der Waals surface area contributed by atoms with Crippen molar-refractivity contribution in [2.24, 2.45) is 0 Å². The summed E-state index contributed by atoms with van der Waals surface area (Å²) in [5.74, 6) is 0.00751. The van der Waals surface area contributed by atoms with Crippen molar-refractivity contribution in [2.75, 3.05) is 19.8 Å². The predicted molar refractivity (Wildman–Crippen MR) is 75.1 cm³/mol. The number of carbonyl (C=O) groups excluding carboxylic acids is 1. The number of ether oxygens (including phenoxy) is 1. The first kappa shape index (κ1) is 14.0. The highest BCUT2D eigenvalue weighted by Crippen LogP contribution is 2.19. The Kier molecular flexibility index (Phi) is 4.56. The van der Waals surface area contributed by atoms with Crippen molar-refractivity contribution in [3.63, 3.8) is 0 Å². The molecule has 0 bridgehead atoms. The summed E-state index contributed by atoms with van der Waals surface area (Å²) in [4.78, 5) is 12.1. The summed E-state index contributed by atoms with van der Waals surface area (Å²) < 4.78 is 5.31. The van der Waals surface area contributed by atoms with E-state index in [0.29, 0.717) is 13.2 Å². The summed E-state index contributed by atoms with van der Waals surface area (Å²) in [6, 6.07) is 6.09. The second kappa shape index (κ2) is 6.17. The zero-order chi connectivity index (χ0) is 13.8. The maximum absolute atomic E-state index is 12.1. The van der Waals surface area contributed by atoms with Crippen molar-refractivity contribution >= 4 is 5.91 Å². The number of benzene rings is 1. The average molecular weight is 262 g/mol. The van der Waals surface area contributed by atoms with Gasteiger partial charge < -0.3 is 15.4 Å². The lowest BCUT2D eigenvalue weighted by Gasteiger charge is -2.25.